The Hall–Kier alpha value is -4.17. The van der Waals surface area contributed by atoms with Crippen LogP contribution in [0.1, 0.15) is 48.2 Å². The van der Waals surface area contributed by atoms with E-state index >= 15 is 0 Å². The van der Waals surface area contributed by atoms with Gasteiger partial charge in [-0.15, -0.1) is 6.58 Å². The SMILES string of the molecule is C=CCNC(=S)N(Cc1ccccc1C(F)(F)F)C[C@H](CC(C)C)NC(=O)Cc1cncn1Cc1ccc(C#N)cc1. The maximum absolute atomic E-state index is 13.7. The van der Waals surface area contributed by atoms with Gasteiger partial charge in [0.1, 0.15) is 0 Å². The Balaban J connectivity index is 1.76. The molecule has 3 aromatic rings. The maximum Gasteiger partial charge on any atom is 0.416 e. The van der Waals surface area contributed by atoms with Crippen molar-refractivity contribution in [3.05, 3.63) is 102 Å². The first-order valence-corrected chi connectivity index (χ1v) is 14.0. The van der Waals surface area contributed by atoms with Gasteiger partial charge in [-0.05, 0) is 53.9 Å². The van der Waals surface area contributed by atoms with Crippen molar-refractivity contribution >= 4 is 23.2 Å². The van der Waals surface area contributed by atoms with Crippen molar-refractivity contribution in [3.8, 4) is 6.07 Å². The van der Waals surface area contributed by atoms with Gasteiger partial charge in [0.2, 0.25) is 5.91 Å². The molecule has 3 rings (SSSR count). The second-order valence-corrected chi connectivity index (χ2v) is 10.8. The van der Waals surface area contributed by atoms with Gasteiger partial charge in [0.15, 0.2) is 5.11 Å². The quantitative estimate of drug-likeness (QED) is 0.201. The zero-order valence-corrected chi connectivity index (χ0v) is 24.5. The molecule has 42 heavy (non-hydrogen) atoms. The first-order valence-electron chi connectivity index (χ1n) is 13.6. The van der Waals surface area contributed by atoms with Crippen LogP contribution in [0.15, 0.2) is 73.7 Å². The van der Waals surface area contributed by atoms with Crippen LogP contribution in [0.2, 0.25) is 0 Å². The zero-order chi connectivity index (χ0) is 30.7. The highest BCUT2D eigenvalue weighted by Crippen LogP contribution is 2.32. The highest BCUT2D eigenvalue weighted by Gasteiger charge is 2.33. The smallest absolute Gasteiger partial charge is 0.359 e. The topological polar surface area (TPSA) is 86.0 Å². The molecule has 1 amide bonds. The van der Waals surface area contributed by atoms with Crippen LogP contribution in [0.3, 0.4) is 0 Å². The van der Waals surface area contributed by atoms with E-state index in [9.17, 15) is 18.0 Å². The number of nitrogens with one attached hydrogen (secondary N) is 2. The summed E-state index contributed by atoms with van der Waals surface area (Å²) in [6.45, 7) is 8.67. The Morgan fingerprint density at radius 3 is 2.57 bits per heavy atom. The lowest BCUT2D eigenvalue weighted by Crippen LogP contribution is -2.49. The first-order chi connectivity index (χ1) is 20.0. The number of halogens is 3. The summed E-state index contributed by atoms with van der Waals surface area (Å²) in [7, 11) is 0. The van der Waals surface area contributed by atoms with Gasteiger partial charge in [-0.1, -0.05) is 50.3 Å². The Morgan fingerprint density at radius 1 is 1.21 bits per heavy atom. The van der Waals surface area contributed by atoms with E-state index in [0.29, 0.717) is 30.8 Å². The lowest BCUT2D eigenvalue weighted by molar-refractivity contribution is -0.138. The largest absolute Gasteiger partial charge is 0.416 e. The summed E-state index contributed by atoms with van der Waals surface area (Å²) in [5.74, 6) is -0.0286. The fourth-order valence-electron chi connectivity index (χ4n) is 4.61. The van der Waals surface area contributed by atoms with Gasteiger partial charge in [0, 0.05) is 44.1 Å². The molecule has 2 N–H and O–H groups in total. The second-order valence-electron chi connectivity index (χ2n) is 10.4. The molecule has 0 spiro atoms. The molecule has 0 unspecified atom stereocenters. The minimum absolute atomic E-state index is 0.0704. The molecule has 1 atom stereocenters. The number of rotatable bonds is 13. The summed E-state index contributed by atoms with van der Waals surface area (Å²) in [4.78, 5) is 19.1. The van der Waals surface area contributed by atoms with Crippen LogP contribution in [-0.2, 0) is 30.5 Å². The van der Waals surface area contributed by atoms with E-state index in [-0.39, 0.29) is 48.1 Å². The molecule has 1 aromatic heterocycles. The number of benzene rings is 2. The van der Waals surface area contributed by atoms with Crippen LogP contribution in [0.5, 0.6) is 0 Å². The number of nitrogens with zero attached hydrogens (tertiary/aromatic N) is 4. The summed E-state index contributed by atoms with van der Waals surface area (Å²) in [5.41, 5.74) is 1.60. The summed E-state index contributed by atoms with van der Waals surface area (Å²) in [6.07, 6.45) is 1.05. The van der Waals surface area contributed by atoms with Crippen LogP contribution in [0, 0.1) is 17.2 Å². The molecule has 0 fully saturated rings. The van der Waals surface area contributed by atoms with Gasteiger partial charge < -0.3 is 20.1 Å². The van der Waals surface area contributed by atoms with E-state index in [2.05, 4.69) is 28.3 Å². The fourth-order valence-corrected chi connectivity index (χ4v) is 4.83. The molecule has 2 aromatic carbocycles. The van der Waals surface area contributed by atoms with Gasteiger partial charge in [0.25, 0.3) is 0 Å². The summed E-state index contributed by atoms with van der Waals surface area (Å²) in [5, 5.41) is 15.4. The number of hydrogen-bond acceptors (Lipinski definition) is 4. The molecule has 0 aliphatic rings. The second kappa shape index (κ2) is 15.2. The average Bonchev–Trinajstić information content (AvgIpc) is 3.36. The number of thiocarbonyl (C=S) groups is 1. The van der Waals surface area contributed by atoms with Gasteiger partial charge in [-0.25, -0.2) is 4.98 Å². The third-order valence-corrected chi connectivity index (χ3v) is 6.91. The predicted molar refractivity (Wildman–Crippen MR) is 160 cm³/mol. The number of amides is 1. The molecule has 1 heterocycles. The summed E-state index contributed by atoms with van der Waals surface area (Å²) < 4.78 is 43.1. The van der Waals surface area contributed by atoms with Crippen molar-refractivity contribution in [2.45, 2.75) is 52.0 Å². The molecule has 7 nitrogen and oxygen atoms in total. The number of aromatic nitrogens is 2. The molecular formula is C31H35F3N6OS. The Labute approximate surface area is 250 Å². The third kappa shape index (κ3) is 9.73. The monoisotopic (exact) mass is 596 g/mol. The van der Waals surface area contributed by atoms with Gasteiger partial charge in [-0.3, -0.25) is 4.79 Å². The van der Waals surface area contributed by atoms with Crippen LogP contribution in [0.25, 0.3) is 0 Å². The summed E-state index contributed by atoms with van der Waals surface area (Å²) >= 11 is 5.55. The van der Waals surface area contributed by atoms with E-state index < -0.39 is 11.7 Å². The zero-order valence-electron chi connectivity index (χ0n) is 23.7. The van der Waals surface area contributed by atoms with Crippen molar-refractivity contribution in [1.82, 2.24) is 25.1 Å². The normalized spacial score (nSPS) is 11.9. The molecular weight excluding hydrogens is 561 g/mol. The van der Waals surface area contributed by atoms with Crippen molar-refractivity contribution < 1.29 is 18.0 Å². The maximum atomic E-state index is 13.7. The minimum atomic E-state index is -4.51. The Kier molecular flexibility index (Phi) is 11.7. The van der Waals surface area contributed by atoms with Crippen LogP contribution in [0.4, 0.5) is 13.2 Å². The van der Waals surface area contributed by atoms with Crippen molar-refractivity contribution in [2.75, 3.05) is 13.1 Å². The predicted octanol–water partition coefficient (Wildman–Crippen LogP) is 5.46. The van der Waals surface area contributed by atoms with Crippen LogP contribution >= 0.6 is 12.2 Å². The standard InChI is InChI=1S/C31H35F3N6OS/c1-4-13-37-30(42)39(19-25-7-5-6-8-28(25)31(32,33)34)20-26(14-22(2)3)38-29(41)15-27-17-36-21-40(27)18-24-11-9-23(16-35)10-12-24/h4-12,17,21-22,26H,1,13-15,18-20H2,2-3H3,(H,37,42)(H,38,41)/t26-/m0/s1. The number of hydrogen-bond donors (Lipinski definition) is 2. The number of nitriles is 1. The van der Waals surface area contributed by atoms with Crippen molar-refractivity contribution in [1.29, 1.82) is 5.26 Å². The molecule has 0 aliphatic heterocycles. The first kappa shape index (κ1) is 32.3. The summed E-state index contributed by atoms with van der Waals surface area (Å²) in [6, 6.07) is 14.3. The Bertz CT molecular complexity index is 1390. The Morgan fingerprint density at radius 2 is 1.93 bits per heavy atom. The molecule has 0 saturated heterocycles. The molecule has 0 bridgehead atoms. The van der Waals surface area contributed by atoms with E-state index in [0.717, 1.165) is 11.6 Å². The highest BCUT2D eigenvalue weighted by molar-refractivity contribution is 7.80. The van der Waals surface area contributed by atoms with E-state index in [1.54, 1.807) is 41.7 Å². The van der Waals surface area contributed by atoms with Crippen molar-refractivity contribution in [3.63, 3.8) is 0 Å². The minimum Gasteiger partial charge on any atom is -0.359 e. The number of alkyl halides is 3. The molecule has 11 heteroatoms. The van der Waals surface area contributed by atoms with Gasteiger partial charge in [-0.2, -0.15) is 18.4 Å². The third-order valence-electron chi connectivity index (χ3n) is 6.51. The molecule has 0 aliphatic carbocycles. The van der Waals surface area contributed by atoms with Gasteiger partial charge in [0.05, 0.1) is 29.9 Å². The van der Waals surface area contributed by atoms with Crippen LogP contribution in [-0.4, -0.2) is 44.6 Å². The highest BCUT2D eigenvalue weighted by atomic mass is 32.1. The van der Waals surface area contributed by atoms with E-state index in [1.807, 2.05) is 30.5 Å². The van der Waals surface area contributed by atoms with E-state index in [4.69, 9.17) is 17.5 Å². The fraction of sp³-hybridized carbons (Fsp3) is 0.355. The molecule has 222 valence electrons. The van der Waals surface area contributed by atoms with E-state index in [1.165, 1.54) is 12.1 Å². The number of carbonyl (C=O) groups is 1. The number of carbonyl (C=O) groups excluding carboxylic acids is 1. The van der Waals surface area contributed by atoms with Gasteiger partial charge >= 0.3 is 6.18 Å². The lowest BCUT2D eigenvalue weighted by atomic mass is 10.0. The number of imidazole rings is 1. The van der Waals surface area contributed by atoms with Crippen LogP contribution < -0.4 is 10.6 Å². The average molecular weight is 597 g/mol. The molecule has 0 radical (unpaired) electrons. The lowest BCUT2D eigenvalue weighted by Gasteiger charge is -2.32. The van der Waals surface area contributed by atoms with Crippen molar-refractivity contribution in [2.24, 2.45) is 5.92 Å². The molecule has 0 saturated carbocycles.